The maximum Gasteiger partial charge on any atom is 0.303 e. The van der Waals surface area contributed by atoms with Crippen molar-refractivity contribution in [3.05, 3.63) is 0 Å². The van der Waals surface area contributed by atoms with Crippen molar-refractivity contribution in [2.75, 3.05) is 0 Å². The van der Waals surface area contributed by atoms with Gasteiger partial charge in [0.2, 0.25) is 0 Å². The maximum atomic E-state index is 10.3. The molecule has 0 aromatic carbocycles. The van der Waals surface area contributed by atoms with Crippen LogP contribution in [0.25, 0.3) is 0 Å². The SMILES string of the molecule is CCCCCCCCCCCCCC(=O)O.CCCCCCCCCCCCCC(=O)O.[Pd]. The molecule has 0 radical (unpaired) electrons. The Morgan fingerprint density at radius 1 is 0.394 bits per heavy atom. The molecule has 33 heavy (non-hydrogen) atoms. The van der Waals surface area contributed by atoms with Gasteiger partial charge in [-0.05, 0) is 12.8 Å². The summed E-state index contributed by atoms with van der Waals surface area (Å²) < 4.78 is 0. The second kappa shape index (κ2) is 33.8. The number of hydrogen-bond donors (Lipinski definition) is 2. The molecule has 0 amide bonds. The van der Waals surface area contributed by atoms with Crippen LogP contribution in [-0.4, -0.2) is 22.2 Å². The molecule has 0 bridgehead atoms. The molecule has 5 heteroatoms. The van der Waals surface area contributed by atoms with E-state index in [0.29, 0.717) is 12.8 Å². The van der Waals surface area contributed by atoms with E-state index in [0.717, 1.165) is 25.7 Å². The Morgan fingerprint density at radius 3 is 0.758 bits per heavy atom. The van der Waals surface area contributed by atoms with Gasteiger partial charge < -0.3 is 10.2 Å². The van der Waals surface area contributed by atoms with Crippen LogP contribution in [0.15, 0.2) is 0 Å². The molecule has 0 unspecified atom stereocenters. The molecule has 0 aliphatic rings. The van der Waals surface area contributed by atoms with Gasteiger partial charge in [-0.3, -0.25) is 9.59 Å². The fraction of sp³-hybridized carbons (Fsp3) is 0.929. The zero-order chi connectivity index (χ0) is 24.1. The summed E-state index contributed by atoms with van der Waals surface area (Å²) in [4.78, 5) is 20.5. The molecule has 4 nitrogen and oxygen atoms in total. The van der Waals surface area contributed by atoms with Crippen molar-refractivity contribution in [2.45, 2.75) is 168 Å². The fourth-order valence-corrected chi connectivity index (χ4v) is 3.88. The van der Waals surface area contributed by atoms with Crippen molar-refractivity contribution in [1.82, 2.24) is 0 Å². The zero-order valence-electron chi connectivity index (χ0n) is 22.0. The Kier molecular flexibility index (Phi) is 38.0. The van der Waals surface area contributed by atoms with Gasteiger partial charge in [0.15, 0.2) is 0 Å². The summed E-state index contributed by atoms with van der Waals surface area (Å²) in [5, 5.41) is 16.9. The van der Waals surface area contributed by atoms with E-state index < -0.39 is 11.9 Å². The van der Waals surface area contributed by atoms with Crippen LogP contribution in [0.3, 0.4) is 0 Å². The number of carboxylic acid groups (broad SMARTS) is 2. The Balaban J connectivity index is -0.000000529. The average molecular weight is 563 g/mol. The van der Waals surface area contributed by atoms with Crippen LogP contribution >= 0.6 is 0 Å². The van der Waals surface area contributed by atoms with Crippen LogP contribution in [0.5, 0.6) is 0 Å². The van der Waals surface area contributed by atoms with Crippen molar-refractivity contribution in [3.63, 3.8) is 0 Å². The van der Waals surface area contributed by atoms with Crippen LogP contribution < -0.4 is 0 Å². The van der Waals surface area contributed by atoms with Gasteiger partial charge in [-0.15, -0.1) is 0 Å². The molecule has 202 valence electrons. The van der Waals surface area contributed by atoms with Gasteiger partial charge in [-0.25, -0.2) is 0 Å². The minimum Gasteiger partial charge on any atom is -0.481 e. The van der Waals surface area contributed by atoms with Crippen LogP contribution in [0.2, 0.25) is 0 Å². The third-order valence-corrected chi connectivity index (χ3v) is 5.99. The summed E-state index contributed by atoms with van der Waals surface area (Å²) in [6, 6.07) is 0. The standard InChI is InChI=1S/2C14H28O2.Pd/c2*1-2-3-4-5-6-7-8-9-10-11-12-13-14(15)16;/h2*2-13H2,1H3,(H,15,16);. The molecule has 0 spiro atoms. The van der Waals surface area contributed by atoms with Crippen molar-refractivity contribution in [3.8, 4) is 0 Å². The Hall–Kier alpha value is -0.398. The van der Waals surface area contributed by atoms with E-state index in [1.165, 1.54) is 116 Å². The Bertz CT molecular complexity index is 352. The van der Waals surface area contributed by atoms with Crippen molar-refractivity contribution in [1.29, 1.82) is 0 Å². The Labute approximate surface area is 219 Å². The quantitative estimate of drug-likeness (QED) is 0.0907. The average Bonchev–Trinajstić information content (AvgIpc) is 2.76. The van der Waals surface area contributed by atoms with E-state index in [1.807, 2.05) is 0 Å². The molecule has 0 aromatic rings. The fourth-order valence-electron chi connectivity index (χ4n) is 3.88. The third kappa shape index (κ3) is 42.2. The Morgan fingerprint density at radius 2 is 0.576 bits per heavy atom. The zero-order valence-corrected chi connectivity index (χ0v) is 23.6. The van der Waals surface area contributed by atoms with Crippen molar-refractivity contribution < 1.29 is 40.2 Å². The van der Waals surface area contributed by atoms with Gasteiger partial charge in [0.05, 0.1) is 0 Å². The third-order valence-electron chi connectivity index (χ3n) is 5.99. The van der Waals surface area contributed by atoms with E-state index in [-0.39, 0.29) is 20.4 Å². The molecule has 0 rings (SSSR count). The first-order chi connectivity index (χ1) is 15.5. The first kappa shape index (κ1) is 37.2. The molecule has 0 saturated heterocycles. The molecule has 0 saturated carbocycles. The van der Waals surface area contributed by atoms with E-state index >= 15 is 0 Å². The van der Waals surface area contributed by atoms with Gasteiger partial charge in [0, 0.05) is 33.3 Å². The monoisotopic (exact) mass is 562 g/mol. The number of hydrogen-bond acceptors (Lipinski definition) is 2. The van der Waals surface area contributed by atoms with Crippen molar-refractivity contribution in [2.24, 2.45) is 0 Å². The van der Waals surface area contributed by atoms with Gasteiger partial charge in [0.25, 0.3) is 0 Å². The molecule has 0 atom stereocenters. The van der Waals surface area contributed by atoms with E-state index in [4.69, 9.17) is 10.2 Å². The van der Waals surface area contributed by atoms with Crippen LogP contribution in [0.4, 0.5) is 0 Å². The summed E-state index contributed by atoms with van der Waals surface area (Å²) in [7, 11) is 0. The molecule has 0 fully saturated rings. The largest absolute Gasteiger partial charge is 0.481 e. The topological polar surface area (TPSA) is 74.6 Å². The maximum absolute atomic E-state index is 10.3. The molecule has 0 heterocycles. The van der Waals surface area contributed by atoms with E-state index in [2.05, 4.69) is 13.8 Å². The van der Waals surface area contributed by atoms with Crippen LogP contribution in [0, 0.1) is 0 Å². The summed E-state index contributed by atoms with van der Waals surface area (Å²) in [6.07, 6.45) is 28.7. The van der Waals surface area contributed by atoms with Gasteiger partial charge >= 0.3 is 11.9 Å². The van der Waals surface area contributed by atoms with E-state index in [9.17, 15) is 9.59 Å². The smallest absolute Gasteiger partial charge is 0.303 e. The minimum absolute atomic E-state index is 0. The first-order valence-corrected chi connectivity index (χ1v) is 14.0. The number of aliphatic carboxylic acids is 2. The van der Waals surface area contributed by atoms with Crippen LogP contribution in [0.1, 0.15) is 168 Å². The molecule has 0 aromatic heterocycles. The molecule has 0 aliphatic heterocycles. The van der Waals surface area contributed by atoms with Gasteiger partial charge in [-0.1, -0.05) is 142 Å². The molecule has 0 aliphatic carbocycles. The molecule has 2 N–H and O–H groups in total. The first-order valence-electron chi connectivity index (χ1n) is 14.0. The van der Waals surface area contributed by atoms with Gasteiger partial charge in [-0.2, -0.15) is 0 Å². The number of carbonyl (C=O) groups is 2. The predicted molar refractivity (Wildman–Crippen MR) is 137 cm³/mol. The molecular weight excluding hydrogens is 507 g/mol. The van der Waals surface area contributed by atoms with Crippen LogP contribution in [-0.2, 0) is 30.0 Å². The number of rotatable bonds is 24. The van der Waals surface area contributed by atoms with Gasteiger partial charge in [0.1, 0.15) is 0 Å². The number of unbranched alkanes of at least 4 members (excludes halogenated alkanes) is 20. The van der Waals surface area contributed by atoms with Crippen molar-refractivity contribution >= 4 is 11.9 Å². The second-order valence-electron chi connectivity index (χ2n) is 9.36. The minimum atomic E-state index is -0.657. The summed E-state index contributed by atoms with van der Waals surface area (Å²) in [6.45, 7) is 4.49. The summed E-state index contributed by atoms with van der Waals surface area (Å²) >= 11 is 0. The normalized spacial score (nSPS) is 10.2. The summed E-state index contributed by atoms with van der Waals surface area (Å²) in [5.41, 5.74) is 0. The van der Waals surface area contributed by atoms with E-state index in [1.54, 1.807) is 0 Å². The molecular formula is C28H56O4Pd. The number of carboxylic acids is 2. The predicted octanol–water partition coefficient (Wildman–Crippen LogP) is 9.54. The second-order valence-corrected chi connectivity index (χ2v) is 9.36. The summed E-state index contributed by atoms with van der Waals surface area (Å²) in [5.74, 6) is -1.31.